The molecule has 10 heterocycles. The van der Waals surface area contributed by atoms with Gasteiger partial charge in [-0.25, -0.2) is 19.9 Å². The molecule has 10 aliphatic rings. The van der Waals surface area contributed by atoms with Crippen LogP contribution in [-0.2, 0) is 19.1 Å². The average Bonchev–Trinajstić information content (AvgIpc) is 1.70. The predicted molar refractivity (Wildman–Crippen MR) is 491 cm³/mol. The second kappa shape index (κ2) is 30.9. The summed E-state index contributed by atoms with van der Waals surface area (Å²) in [4.78, 5) is 67.7. The Morgan fingerprint density at radius 2 is 0.595 bits per heavy atom. The van der Waals surface area contributed by atoms with Gasteiger partial charge in [-0.15, -0.1) is 0 Å². The molecular weight excluding hydrogens is 1490 g/mol. The zero-order chi connectivity index (χ0) is 80.9. The van der Waals surface area contributed by atoms with Gasteiger partial charge in [-0.1, -0.05) is 196 Å². The Balaban J connectivity index is 0.486. The number of hydrogen-bond acceptors (Lipinski definition) is 8. The van der Waals surface area contributed by atoms with Crippen molar-refractivity contribution in [3.63, 3.8) is 0 Å². The number of aromatic amines is 4. The van der Waals surface area contributed by atoms with E-state index >= 15 is 0 Å². The van der Waals surface area contributed by atoms with Gasteiger partial charge in [-0.3, -0.25) is 9.59 Å². The van der Waals surface area contributed by atoms with Crippen LogP contribution in [0.4, 0.5) is 0 Å². The van der Waals surface area contributed by atoms with Crippen molar-refractivity contribution in [1.29, 1.82) is 0 Å². The van der Waals surface area contributed by atoms with Gasteiger partial charge in [0.1, 0.15) is 12.2 Å². The summed E-state index contributed by atoms with van der Waals surface area (Å²) in [7, 11) is 0. The van der Waals surface area contributed by atoms with Crippen LogP contribution in [0.5, 0.6) is 0 Å². The molecule has 0 saturated heterocycles. The third-order valence-corrected chi connectivity index (χ3v) is 30.0. The number of ether oxygens (including phenoxy) is 2. The smallest absolute Gasteiger partial charge is 0.309 e. The highest BCUT2D eigenvalue weighted by Gasteiger charge is 2.62. The molecule has 12 heteroatoms. The lowest BCUT2D eigenvalue weighted by atomic mass is 9.45. The summed E-state index contributed by atoms with van der Waals surface area (Å²) in [6.45, 7) is 5.09. The Labute approximate surface area is 706 Å². The summed E-state index contributed by atoms with van der Waals surface area (Å²) in [5.74, 6) is 2.21. The molecule has 8 atom stereocenters. The number of fused-ring (bicyclic) bond motifs is 21. The van der Waals surface area contributed by atoms with E-state index in [0.717, 1.165) is 259 Å². The van der Waals surface area contributed by atoms with Gasteiger partial charge < -0.3 is 29.4 Å². The number of carbonyl (C=O) groups is 2. The van der Waals surface area contributed by atoms with Crippen molar-refractivity contribution in [3.8, 4) is 66.8 Å². The van der Waals surface area contributed by atoms with Crippen LogP contribution < -0.4 is 0 Å². The Kier molecular flexibility index (Phi) is 19.1. The van der Waals surface area contributed by atoms with E-state index < -0.39 is 0 Å². The maximum atomic E-state index is 15.0. The van der Waals surface area contributed by atoms with Crippen LogP contribution in [0.1, 0.15) is 192 Å². The molecule has 0 amide bonds. The summed E-state index contributed by atoms with van der Waals surface area (Å²) in [6.07, 6.45) is 33.3. The van der Waals surface area contributed by atoms with Gasteiger partial charge in [0.25, 0.3) is 0 Å². The molecule has 6 aliphatic carbocycles. The summed E-state index contributed by atoms with van der Waals surface area (Å²) in [5, 5.41) is 0. The number of hydrogen-bond donors (Lipinski definition) is 4. The third-order valence-electron chi connectivity index (χ3n) is 30.0. The average molecular weight is 1590 g/mol. The molecule has 6 aromatic heterocycles. The first kappa shape index (κ1) is 74.7. The first-order valence-corrected chi connectivity index (χ1v) is 44.5. The molecule has 6 fully saturated rings. The lowest BCUT2D eigenvalue weighted by Crippen LogP contribution is -2.55. The number of rotatable bonds is 12. The minimum Gasteiger partial charge on any atom is -0.462 e. The van der Waals surface area contributed by atoms with E-state index in [1.54, 1.807) is 0 Å². The lowest BCUT2D eigenvalue weighted by Gasteiger charge is -2.60. The van der Waals surface area contributed by atoms with Gasteiger partial charge in [0, 0.05) is 94.1 Å². The molecule has 121 heavy (non-hydrogen) atoms. The highest BCUT2D eigenvalue weighted by atomic mass is 16.5. The largest absolute Gasteiger partial charge is 0.462 e. The Hall–Kier alpha value is -12.5. The summed E-state index contributed by atoms with van der Waals surface area (Å²) in [5.41, 5.74) is 30.3. The molecule has 0 spiro atoms. The molecule has 0 unspecified atom stereocenters. The molecule has 16 bridgehead atoms. The third kappa shape index (κ3) is 13.5. The molecule has 4 aliphatic heterocycles. The highest BCUT2D eigenvalue weighted by Crippen LogP contribution is 2.67. The van der Waals surface area contributed by atoms with Gasteiger partial charge >= 0.3 is 11.9 Å². The number of nitrogens with zero attached hydrogens (tertiary/aromatic N) is 4. The maximum absolute atomic E-state index is 15.0. The van der Waals surface area contributed by atoms with Crippen molar-refractivity contribution in [2.75, 3.05) is 0 Å². The maximum Gasteiger partial charge on any atom is 0.309 e. The van der Waals surface area contributed by atoms with Gasteiger partial charge in [-0.05, 0) is 281 Å². The van der Waals surface area contributed by atoms with Gasteiger partial charge in [0.15, 0.2) is 0 Å². The highest BCUT2D eigenvalue weighted by molar-refractivity contribution is 6.01. The molecule has 600 valence electrons. The Bertz CT molecular complexity index is 6460. The summed E-state index contributed by atoms with van der Waals surface area (Å²) >= 11 is 0. The fourth-order valence-corrected chi connectivity index (χ4v) is 24.0. The van der Waals surface area contributed by atoms with E-state index in [9.17, 15) is 9.59 Å². The number of nitrogens with one attached hydrogen (secondary N) is 4. The number of benzene rings is 6. The first-order chi connectivity index (χ1) is 59.5. The van der Waals surface area contributed by atoms with Crippen LogP contribution in [0.15, 0.2) is 231 Å². The quantitative estimate of drug-likeness (QED) is 0.0877. The zero-order valence-corrected chi connectivity index (χ0v) is 68.8. The fraction of sp³-hybridized carbons (Fsp3) is 0.284. The van der Waals surface area contributed by atoms with Gasteiger partial charge in [0.05, 0.1) is 57.4 Å². The van der Waals surface area contributed by atoms with Crippen LogP contribution in [0.25, 0.3) is 160 Å². The molecular formula is C109H100N8O4. The van der Waals surface area contributed by atoms with Crippen molar-refractivity contribution in [1.82, 2.24) is 39.9 Å². The molecule has 22 rings (SSSR count). The van der Waals surface area contributed by atoms with E-state index in [1.165, 1.54) is 17.5 Å². The minimum atomic E-state index is -0.160. The predicted octanol–water partition coefficient (Wildman–Crippen LogP) is 26.7. The first-order valence-electron chi connectivity index (χ1n) is 44.5. The fourth-order valence-electron chi connectivity index (χ4n) is 24.0. The van der Waals surface area contributed by atoms with Crippen molar-refractivity contribution in [2.24, 2.45) is 46.3 Å². The van der Waals surface area contributed by atoms with E-state index in [2.05, 4.69) is 313 Å². The van der Waals surface area contributed by atoms with E-state index in [-0.39, 0.29) is 58.6 Å². The van der Waals surface area contributed by atoms with E-state index in [1.807, 2.05) is 0 Å². The van der Waals surface area contributed by atoms with Gasteiger partial charge in [0.2, 0.25) is 0 Å². The van der Waals surface area contributed by atoms with Crippen molar-refractivity contribution in [2.45, 2.75) is 147 Å². The second-order valence-corrected chi connectivity index (χ2v) is 36.4. The Morgan fingerprint density at radius 1 is 0.298 bits per heavy atom. The standard InChI is InChI=1S/C109H100N8O4/c1-108-63-61-77(120-106(118)74-37-33-72(34-38-74)104-93-56-52-89(114-93)100(68-25-13-5-14-26-68)85-48-44-81(110-85)98(66-21-9-3-10-22-66)82-45-49-86(111-82)101(69-27-15-6-16-28-69)90-53-57-94(104)115-90)65-76(108)41-42-78-79-43-60-97(109(79,2)64-62-80(78)108)121-107(119)75-39-35-73(36-40-75)105-95-58-54-91(116-95)102(70-29-17-7-18-30-70)87-50-46-83(112-87)99(67-23-11-4-12-24-67)84-47-51-88(113-84)103(71-31-19-8-20-32-71)92-55-59-96(105)117-92/h3-32,44-59,72-80,97,110,112,115,117H,33-43,60-65H2,1-2H3/t72?,73?,74?,75?,76-,77-,78-,79-,80-,97-,108-,109-/m0/s1. The lowest BCUT2D eigenvalue weighted by molar-refractivity contribution is -0.174. The zero-order valence-electron chi connectivity index (χ0n) is 68.8. The minimum absolute atomic E-state index is 0.00123. The molecule has 0 radical (unpaired) electrons. The molecule has 6 aromatic carbocycles. The van der Waals surface area contributed by atoms with Crippen molar-refractivity contribution in [3.05, 3.63) is 287 Å². The normalized spacial score (nSPS) is 24.5. The van der Waals surface area contributed by atoms with E-state index in [0.29, 0.717) is 23.7 Å². The van der Waals surface area contributed by atoms with E-state index in [4.69, 9.17) is 29.4 Å². The number of aromatic nitrogens is 8. The van der Waals surface area contributed by atoms with Crippen LogP contribution in [0.3, 0.4) is 0 Å². The molecule has 4 N–H and O–H groups in total. The molecule has 12 nitrogen and oxygen atoms in total. The Morgan fingerprint density at radius 3 is 0.950 bits per heavy atom. The second-order valence-electron chi connectivity index (χ2n) is 36.4. The van der Waals surface area contributed by atoms with Crippen LogP contribution in [0.2, 0.25) is 0 Å². The molecule has 6 saturated carbocycles. The number of H-pyrrole nitrogens is 4. The van der Waals surface area contributed by atoms with Gasteiger partial charge in [-0.2, -0.15) is 0 Å². The summed E-state index contributed by atoms with van der Waals surface area (Å²) < 4.78 is 13.7. The summed E-state index contributed by atoms with van der Waals surface area (Å²) in [6, 6.07) is 81.3. The van der Waals surface area contributed by atoms with Crippen LogP contribution in [-0.4, -0.2) is 64.0 Å². The van der Waals surface area contributed by atoms with Crippen LogP contribution in [0, 0.1) is 46.3 Å². The van der Waals surface area contributed by atoms with Crippen LogP contribution >= 0.6 is 0 Å². The SMILES string of the molecule is C[C@]12CC[C@H](OC(=O)C3CCC(c4c5nc(c(-c6ccccc6)c6ccc([nH]6)c(-c6ccccc6)c6nc(c(-c7ccccc7)c7ccc4[nH]7)C=C6)C=C5)CC3)C[C@@H]1CC[C@@H]1[C@@H]2CC[C@]2(C)[C@@H](OC(=O)C3CCC(c4c5nc(c(-c6ccccc6)c6ccc([nH]6)c(-c6ccccc6)c6nc(c(-c7ccccc7)c7ccc4[nH]7)C=C6)C=C5)CC3)CC[C@@H]12. The number of esters is 2. The monoisotopic (exact) mass is 1580 g/mol. The van der Waals surface area contributed by atoms with Crippen molar-refractivity contribution < 1.29 is 19.1 Å². The molecule has 12 aromatic rings. The number of carbonyl (C=O) groups excluding carboxylic acids is 2. The topological polar surface area (TPSA) is 167 Å². The van der Waals surface area contributed by atoms with Crippen molar-refractivity contribution >= 4 is 105 Å².